The summed E-state index contributed by atoms with van der Waals surface area (Å²) in [7, 11) is 0. The number of carboxylic acid groups (broad SMARTS) is 1. The lowest BCUT2D eigenvalue weighted by Crippen LogP contribution is -2.33. The minimum atomic E-state index is -0.929. The van der Waals surface area contributed by atoms with E-state index in [-0.39, 0.29) is 24.9 Å². The van der Waals surface area contributed by atoms with Gasteiger partial charge in [-0.05, 0) is 42.5 Å². The molecule has 0 fully saturated rings. The number of hydrogen-bond acceptors (Lipinski definition) is 2. The first-order valence-electron chi connectivity index (χ1n) is 8.75. The fourth-order valence-electron chi connectivity index (χ4n) is 3.17. The second-order valence-corrected chi connectivity index (χ2v) is 6.38. The van der Waals surface area contributed by atoms with Crippen molar-refractivity contribution in [1.29, 1.82) is 0 Å². The van der Waals surface area contributed by atoms with Crippen molar-refractivity contribution in [1.82, 2.24) is 0 Å². The highest BCUT2D eigenvalue weighted by molar-refractivity contribution is 6.11. The number of anilines is 1. The Bertz CT molecular complexity index is 1000. The molecule has 0 saturated heterocycles. The molecule has 0 aliphatic heterocycles. The van der Waals surface area contributed by atoms with Crippen LogP contribution in [0.15, 0.2) is 60.7 Å². The van der Waals surface area contributed by atoms with Crippen molar-refractivity contribution in [2.75, 3.05) is 11.4 Å². The molecule has 0 aromatic heterocycles. The predicted octanol–water partition coefficient (Wildman–Crippen LogP) is 4.80. The first-order valence-corrected chi connectivity index (χ1v) is 8.75. The topological polar surface area (TPSA) is 57.6 Å². The fraction of sp³-hybridized carbons (Fsp3) is 0.182. The summed E-state index contributed by atoms with van der Waals surface area (Å²) in [6.45, 7) is 2.17. The summed E-state index contributed by atoms with van der Waals surface area (Å²) < 4.78 is 14.2. The molecule has 3 aromatic carbocycles. The standard InChI is InChI=1S/C22H20FNO3/c1-15-12-13-20(17-8-3-2-7-16(15)17)24(14-6-11-21(25)26)22(27)18-9-4-5-10-19(18)23/h2-5,7-10,12-13H,6,11,14H2,1H3,(H,25,26). The van der Waals surface area contributed by atoms with Gasteiger partial charge in [0, 0.05) is 18.4 Å². The number of amides is 1. The van der Waals surface area contributed by atoms with E-state index in [1.807, 2.05) is 43.3 Å². The summed E-state index contributed by atoms with van der Waals surface area (Å²) in [5, 5.41) is 10.8. The fourth-order valence-corrected chi connectivity index (χ4v) is 3.17. The number of carbonyl (C=O) groups excluding carboxylic acids is 1. The number of rotatable bonds is 6. The Kier molecular flexibility index (Phi) is 5.50. The van der Waals surface area contributed by atoms with Gasteiger partial charge < -0.3 is 10.0 Å². The molecule has 5 heteroatoms. The number of carboxylic acids is 1. The maximum atomic E-state index is 14.2. The first-order chi connectivity index (χ1) is 13.0. The molecule has 27 heavy (non-hydrogen) atoms. The average molecular weight is 365 g/mol. The van der Waals surface area contributed by atoms with Gasteiger partial charge in [-0.3, -0.25) is 9.59 Å². The van der Waals surface area contributed by atoms with Crippen LogP contribution in [0, 0.1) is 12.7 Å². The quantitative estimate of drug-likeness (QED) is 0.683. The number of benzene rings is 3. The van der Waals surface area contributed by atoms with E-state index in [1.54, 1.807) is 6.07 Å². The van der Waals surface area contributed by atoms with Crippen molar-refractivity contribution < 1.29 is 19.1 Å². The van der Waals surface area contributed by atoms with Crippen LogP contribution in [0.2, 0.25) is 0 Å². The monoisotopic (exact) mass is 365 g/mol. The highest BCUT2D eigenvalue weighted by atomic mass is 19.1. The normalized spacial score (nSPS) is 10.7. The number of fused-ring (bicyclic) bond motifs is 1. The molecule has 138 valence electrons. The SMILES string of the molecule is Cc1ccc(N(CCCC(=O)O)C(=O)c2ccccc2F)c2ccccc12. The van der Waals surface area contributed by atoms with E-state index >= 15 is 0 Å². The maximum absolute atomic E-state index is 14.2. The third-order valence-electron chi connectivity index (χ3n) is 4.53. The van der Waals surface area contributed by atoms with Crippen LogP contribution in [-0.4, -0.2) is 23.5 Å². The second kappa shape index (κ2) is 7.99. The predicted molar refractivity (Wildman–Crippen MR) is 104 cm³/mol. The number of halogens is 1. The molecular formula is C22H20FNO3. The Balaban J connectivity index is 2.08. The Morgan fingerprint density at radius 2 is 1.63 bits per heavy atom. The van der Waals surface area contributed by atoms with Crippen molar-refractivity contribution in [3.05, 3.63) is 77.6 Å². The third-order valence-corrected chi connectivity index (χ3v) is 4.53. The van der Waals surface area contributed by atoms with Crippen LogP contribution >= 0.6 is 0 Å². The van der Waals surface area contributed by atoms with Gasteiger partial charge in [-0.15, -0.1) is 0 Å². The van der Waals surface area contributed by atoms with E-state index in [9.17, 15) is 14.0 Å². The van der Waals surface area contributed by atoms with E-state index in [4.69, 9.17) is 5.11 Å². The van der Waals surface area contributed by atoms with Gasteiger partial charge in [0.1, 0.15) is 5.82 Å². The van der Waals surface area contributed by atoms with Gasteiger partial charge in [-0.25, -0.2) is 4.39 Å². The molecule has 1 amide bonds. The van der Waals surface area contributed by atoms with E-state index < -0.39 is 17.7 Å². The number of aliphatic carboxylic acids is 1. The van der Waals surface area contributed by atoms with E-state index in [0.29, 0.717) is 5.69 Å². The highest BCUT2D eigenvalue weighted by Crippen LogP contribution is 2.31. The number of aryl methyl sites for hydroxylation is 1. The molecule has 0 saturated carbocycles. The third kappa shape index (κ3) is 3.97. The van der Waals surface area contributed by atoms with Crippen LogP contribution in [0.25, 0.3) is 10.8 Å². The molecule has 0 bridgehead atoms. The van der Waals surface area contributed by atoms with Crippen molar-refractivity contribution in [2.45, 2.75) is 19.8 Å². The molecule has 0 aliphatic rings. The molecule has 0 spiro atoms. The van der Waals surface area contributed by atoms with Crippen LogP contribution in [0.3, 0.4) is 0 Å². The maximum Gasteiger partial charge on any atom is 0.303 e. The number of nitrogens with zero attached hydrogens (tertiary/aromatic N) is 1. The smallest absolute Gasteiger partial charge is 0.303 e. The molecule has 3 aromatic rings. The van der Waals surface area contributed by atoms with Crippen LogP contribution < -0.4 is 4.90 Å². The molecule has 3 rings (SSSR count). The lowest BCUT2D eigenvalue weighted by atomic mass is 10.0. The molecule has 0 unspecified atom stereocenters. The first kappa shape index (κ1) is 18.6. The van der Waals surface area contributed by atoms with Crippen LogP contribution in [0.4, 0.5) is 10.1 Å². The molecule has 1 N–H and O–H groups in total. The van der Waals surface area contributed by atoms with Gasteiger partial charge in [-0.2, -0.15) is 0 Å². The Morgan fingerprint density at radius 1 is 0.963 bits per heavy atom. The van der Waals surface area contributed by atoms with Gasteiger partial charge in [-0.1, -0.05) is 42.5 Å². The van der Waals surface area contributed by atoms with Gasteiger partial charge in [0.15, 0.2) is 0 Å². The van der Waals surface area contributed by atoms with E-state index in [1.165, 1.54) is 23.1 Å². The van der Waals surface area contributed by atoms with Crippen LogP contribution in [0.5, 0.6) is 0 Å². The summed E-state index contributed by atoms with van der Waals surface area (Å²) in [5.41, 5.74) is 1.69. The van der Waals surface area contributed by atoms with Crippen molar-refractivity contribution in [2.24, 2.45) is 0 Å². The van der Waals surface area contributed by atoms with Gasteiger partial charge >= 0.3 is 5.97 Å². The zero-order chi connectivity index (χ0) is 19.4. The Hall–Kier alpha value is -3.21. The second-order valence-electron chi connectivity index (χ2n) is 6.38. The lowest BCUT2D eigenvalue weighted by Gasteiger charge is -2.25. The highest BCUT2D eigenvalue weighted by Gasteiger charge is 2.22. The minimum absolute atomic E-state index is 0.0301. The summed E-state index contributed by atoms with van der Waals surface area (Å²) in [6, 6.07) is 17.3. The Morgan fingerprint density at radius 3 is 2.33 bits per heavy atom. The van der Waals surface area contributed by atoms with E-state index in [0.717, 1.165) is 16.3 Å². The molecule has 0 aliphatic carbocycles. The Labute approximate surface area is 156 Å². The van der Waals surface area contributed by atoms with Gasteiger partial charge in [0.2, 0.25) is 0 Å². The molecule has 0 radical (unpaired) electrons. The lowest BCUT2D eigenvalue weighted by molar-refractivity contribution is -0.137. The van der Waals surface area contributed by atoms with Crippen molar-refractivity contribution in [3.63, 3.8) is 0 Å². The van der Waals surface area contributed by atoms with E-state index in [2.05, 4.69) is 0 Å². The van der Waals surface area contributed by atoms with Crippen molar-refractivity contribution >= 4 is 28.3 Å². The molecule has 0 atom stereocenters. The van der Waals surface area contributed by atoms with Crippen LogP contribution in [-0.2, 0) is 4.79 Å². The van der Waals surface area contributed by atoms with Crippen LogP contribution in [0.1, 0.15) is 28.8 Å². The molecule has 4 nitrogen and oxygen atoms in total. The zero-order valence-electron chi connectivity index (χ0n) is 15.0. The van der Waals surface area contributed by atoms with Crippen molar-refractivity contribution in [3.8, 4) is 0 Å². The average Bonchev–Trinajstić information content (AvgIpc) is 2.66. The van der Waals surface area contributed by atoms with Gasteiger partial charge in [0.25, 0.3) is 5.91 Å². The zero-order valence-corrected chi connectivity index (χ0v) is 15.0. The number of hydrogen-bond donors (Lipinski definition) is 1. The summed E-state index contributed by atoms with van der Waals surface area (Å²) in [4.78, 5) is 25.5. The molecular weight excluding hydrogens is 345 g/mol. The summed E-state index contributed by atoms with van der Waals surface area (Å²) in [5.74, 6) is -2.00. The van der Waals surface area contributed by atoms with Gasteiger partial charge in [0.05, 0.1) is 11.3 Å². The summed E-state index contributed by atoms with van der Waals surface area (Å²) >= 11 is 0. The number of carbonyl (C=O) groups is 2. The molecule has 0 heterocycles. The minimum Gasteiger partial charge on any atom is -0.481 e. The largest absolute Gasteiger partial charge is 0.481 e. The summed E-state index contributed by atoms with van der Waals surface area (Å²) in [6.07, 6.45) is 0.211.